The summed E-state index contributed by atoms with van der Waals surface area (Å²) in [6.45, 7) is 6.12. The third-order valence-corrected chi connectivity index (χ3v) is 1.28. The van der Waals surface area contributed by atoms with Gasteiger partial charge in [0.25, 0.3) is 0 Å². The van der Waals surface area contributed by atoms with E-state index in [1.54, 1.807) is 6.11 Å². The van der Waals surface area contributed by atoms with Gasteiger partial charge in [0.05, 0.1) is 0 Å². The molecule has 0 aliphatic carbocycles. The number of hydrogen-bond acceptors (Lipinski definition) is 1. The summed E-state index contributed by atoms with van der Waals surface area (Å²) in [5, 5.41) is 9.62. The summed E-state index contributed by atoms with van der Waals surface area (Å²) < 4.78 is 0. The Bertz CT molecular complexity index is 106. The Labute approximate surface area is 63.7 Å². The summed E-state index contributed by atoms with van der Waals surface area (Å²) in [4.78, 5) is 0. The van der Waals surface area contributed by atoms with Crippen LogP contribution < -0.4 is 24.0 Å². The molecule has 0 N–H and O–H groups in total. The van der Waals surface area contributed by atoms with Crippen LogP contribution in [0.25, 0.3) is 0 Å². The molecule has 0 aliphatic heterocycles. The minimum Gasteiger partial charge on any atom is -0.833 e. The fraction of sp³-hybridized carbons (Fsp3) is 0.600. The standard InChI is InChI=1S/C5H10OSi.Li/c1-7(2,3)5-4-6;/h6H,1-3H3;/q;+1/p-1. The zero-order chi connectivity index (χ0) is 5.91. The van der Waals surface area contributed by atoms with Gasteiger partial charge >= 0.3 is 18.9 Å². The van der Waals surface area contributed by atoms with Crippen molar-refractivity contribution in [3.8, 4) is 11.7 Å². The molecule has 0 unspecified atom stereocenters. The third kappa shape index (κ3) is 9.49. The normalized spacial score (nSPS) is 8.38. The van der Waals surface area contributed by atoms with Crippen LogP contribution >= 0.6 is 0 Å². The van der Waals surface area contributed by atoms with Gasteiger partial charge in [-0.2, -0.15) is 6.11 Å². The summed E-state index contributed by atoms with van der Waals surface area (Å²) in [7, 11) is -1.33. The Morgan fingerprint density at radius 2 is 1.62 bits per heavy atom. The molecule has 0 aromatic heterocycles. The van der Waals surface area contributed by atoms with E-state index in [4.69, 9.17) is 0 Å². The maximum Gasteiger partial charge on any atom is 1.00 e. The predicted octanol–water partition coefficient (Wildman–Crippen LogP) is -2.81. The van der Waals surface area contributed by atoms with E-state index in [9.17, 15) is 5.11 Å². The second kappa shape index (κ2) is 4.09. The molecule has 1 nitrogen and oxygen atoms in total. The molecule has 3 heteroatoms. The summed E-state index contributed by atoms with van der Waals surface area (Å²) >= 11 is 0. The maximum absolute atomic E-state index is 9.62. The second-order valence-electron chi connectivity index (χ2n) is 2.48. The van der Waals surface area contributed by atoms with Crippen molar-refractivity contribution in [1.29, 1.82) is 0 Å². The molecule has 0 amide bonds. The van der Waals surface area contributed by atoms with Crippen molar-refractivity contribution in [3.63, 3.8) is 0 Å². The van der Waals surface area contributed by atoms with E-state index in [0.717, 1.165) is 0 Å². The van der Waals surface area contributed by atoms with Gasteiger partial charge in [0.2, 0.25) is 0 Å². The zero-order valence-electron chi connectivity index (χ0n) is 5.91. The average molecular weight is 120 g/mol. The molecule has 0 aliphatic rings. The minimum absolute atomic E-state index is 0. The van der Waals surface area contributed by atoms with E-state index in [2.05, 4.69) is 5.54 Å². The number of rotatable bonds is 0. The van der Waals surface area contributed by atoms with E-state index >= 15 is 0 Å². The van der Waals surface area contributed by atoms with Crippen molar-refractivity contribution in [2.24, 2.45) is 0 Å². The van der Waals surface area contributed by atoms with Crippen molar-refractivity contribution in [2.45, 2.75) is 19.6 Å². The second-order valence-corrected chi connectivity index (χ2v) is 7.23. The molecule has 40 valence electrons. The van der Waals surface area contributed by atoms with E-state index < -0.39 is 8.07 Å². The van der Waals surface area contributed by atoms with Crippen LogP contribution in [-0.4, -0.2) is 8.07 Å². The molecular formula is C5H9LiOSi. The first-order chi connectivity index (χ1) is 3.06. The average Bonchev–Trinajstić information content (AvgIpc) is 1.30. The predicted molar refractivity (Wildman–Crippen MR) is 31.1 cm³/mol. The molecule has 0 fully saturated rings. The molecular weight excluding hydrogens is 111 g/mol. The van der Waals surface area contributed by atoms with Crippen molar-refractivity contribution in [3.05, 3.63) is 0 Å². The Balaban J connectivity index is 0. The molecule has 0 spiro atoms. The Hall–Kier alpha value is 0.174. The van der Waals surface area contributed by atoms with Crippen LogP contribution in [0.3, 0.4) is 0 Å². The molecule has 8 heavy (non-hydrogen) atoms. The van der Waals surface area contributed by atoms with E-state index in [-0.39, 0.29) is 18.9 Å². The molecule has 0 bridgehead atoms. The first-order valence-corrected chi connectivity index (χ1v) is 5.70. The summed E-state index contributed by atoms with van der Waals surface area (Å²) in [6.07, 6.45) is 1.67. The topological polar surface area (TPSA) is 23.1 Å². The molecule has 0 saturated carbocycles. The van der Waals surface area contributed by atoms with Gasteiger partial charge in [0.1, 0.15) is 8.07 Å². The van der Waals surface area contributed by atoms with Gasteiger partial charge in [-0.1, -0.05) is 19.6 Å². The fourth-order valence-corrected chi connectivity index (χ4v) is 0.459. The fourth-order valence-electron chi connectivity index (χ4n) is 0.153. The Morgan fingerprint density at radius 3 is 1.62 bits per heavy atom. The first-order valence-electron chi connectivity index (χ1n) is 2.20. The monoisotopic (exact) mass is 120 g/mol. The van der Waals surface area contributed by atoms with Gasteiger partial charge in [-0.15, -0.1) is 5.54 Å². The van der Waals surface area contributed by atoms with Gasteiger partial charge in [0, 0.05) is 0 Å². The first kappa shape index (κ1) is 11.0. The minimum atomic E-state index is -1.33. The van der Waals surface area contributed by atoms with E-state index in [1.165, 1.54) is 0 Å². The molecule has 0 radical (unpaired) electrons. The van der Waals surface area contributed by atoms with Crippen LogP contribution in [0.4, 0.5) is 0 Å². The van der Waals surface area contributed by atoms with Gasteiger partial charge in [-0.05, 0) is 0 Å². The molecule has 0 saturated heterocycles. The van der Waals surface area contributed by atoms with Gasteiger partial charge in [-0.3, -0.25) is 0 Å². The van der Waals surface area contributed by atoms with Crippen molar-refractivity contribution in [2.75, 3.05) is 0 Å². The van der Waals surface area contributed by atoms with Crippen molar-refractivity contribution in [1.82, 2.24) is 0 Å². The summed E-state index contributed by atoms with van der Waals surface area (Å²) in [5.41, 5.74) is 2.62. The quantitative estimate of drug-likeness (QED) is 0.250. The van der Waals surface area contributed by atoms with Gasteiger partial charge in [0.15, 0.2) is 0 Å². The molecule has 0 heterocycles. The van der Waals surface area contributed by atoms with Crippen LogP contribution in [0.15, 0.2) is 0 Å². The SMILES string of the molecule is C[Si](C)(C)C#C[O-].[Li+]. The molecule has 0 rings (SSSR count). The van der Waals surface area contributed by atoms with E-state index in [0.29, 0.717) is 0 Å². The zero-order valence-corrected chi connectivity index (χ0v) is 6.91. The van der Waals surface area contributed by atoms with Gasteiger partial charge in [-0.25, -0.2) is 0 Å². The van der Waals surface area contributed by atoms with Crippen LogP contribution in [0, 0.1) is 11.7 Å². The third-order valence-electron chi connectivity index (χ3n) is 0.426. The van der Waals surface area contributed by atoms with Crippen LogP contribution in [-0.2, 0) is 0 Å². The van der Waals surface area contributed by atoms with Gasteiger partial charge < -0.3 is 5.11 Å². The smallest absolute Gasteiger partial charge is 0.833 e. The maximum atomic E-state index is 9.62. The van der Waals surface area contributed by atoms with Crippen LogP contribution in [0.1, 0.15) is 0 Å². The summed E-state index contributed by atoms with van der Waals surface area (Å²) in [5.74, 6) is 0. The van der Waals surface area contributed by atoms with Crippen molar-refractivity contribution < 1.29 is 24.0 Å². The largest absolute Gasteiger partial charge is 1.00 e. The van der Waals surface area contributed by atoms with Crippen LogP contribution in [0.5, 0.6) is 0 Å². The molecule has 0 aromatic rings. The summed E-state index contributed by atoms with van der Waals surface area (Å²) in [6, 6.07) is 0. The molecule has 0 aromatic carbocycles. The van der Waals surface area contributed by atoms with Crippen LogP contribution in [0.2, 0.25) is 19.6 Å². The Morgan fingerprint density at radius 1 is 1.25 bits per heavy atom. The number of hydrogen-bond donors (Lipinski definition) is 0. The van der Waals surface area contributed by atoms with Crippen molar-refractivity contribution >= 4 is 8.07 Å². The Kier molecular flexibility index (Phi) is 5.65. The molecule has 0 atom stereocenters. The van der Waals surface area contributed by atoms with E-state index in [1.807, 2.05) is 19.6 Å².